The van der Waals surface area contributed by atoms with Gasteiger partial charge in [-0.2, -0.15) is 0 Å². The van der Waals surface area contributed by atoms with E-state index in [0.717, 1.165) is 42.6 Å². The van der Waals surface area contributed by atoms with Gasteiger partial charge in [-0.15, -0.1) is 16.4 Å². The van der Waals surface area contributed by atoms with Gasteiger partial charge in [-0.05, 0) is 35.7 Å². The maximum Gasteiger partial charge on any atom is 0.265 e. The molecule has 10 nitrogen and oxygen atoms in total. The molecule has 0 fully saturated rings. The van der Waals surface area contributed by atoms with Crippen molar-refractivity contribution in [2.24, 2.45) is 5.14 Å². The first-order valence-corrected chi connectivity index (χ1v) is 14.5. The summed E-state index contributed by atoms with van der Waals surface area (Å²) >= 11 is 0.989. The second kappa shape index (κ2) is 12.1. The average molecular weight is 546 g/mol. The fourth-order valence-electron chi connectivity index (χ4n) is 3.90. The lowest BCUT2D eigenvalue weighted by Gasteiger charge is -2.18. The highest BCUT2D eigenvalue weighted by atomic mass is 32.2. The molecule has 0 bridgehead atoms. The lowest BCUT2D eigenvalue weighted by Crippen LogP contribution is -2.18. The number of nitrogens with zero attached hydrogens (tertiary/aromatic N) is 4. The van der Waals surface area contributed by atoms with Gasteiger partial charge >= 0.3 is 0 Å². The summed E-state index contributed by atoms with van der Waals surface area (Å²) in [4.78, 5) is 4.03. The van der Waals surface area contributed by atoms with Crippen molar-refractivity contribution >= 4 is 31.6 Å². The molecule has 0 radical (unpaired) electrons. The first kappa shape index (κ1) is 27.1. The van der Waals surface area contributed by atoms with Gasteiger partial charge < -0.3 is 14.9 Å². The summed E-state index contributed by atoms with van der Waals surface area (Å²) < 4.78 is 31.0. The molecule has 0 unspecified atom stereocenters. The Hall–Kier alpha value is -2.90. The van der Waals surface area contributed by atoms with Gasteiger partial charge in [0.05, 0.1) is 29.1 Å². The molecular formula is C25H31N5O5S2. The van der Waals surface area contributed by atoms with E-state index in [1.54, 1.807) is 29.1 Å². The molecule has 0 saturated heterocycles. The minimum Gasteiger partial charge on any atom is -0.487 e. The second-order valence-corrected chi connectivity index (χ2v) is 11.7. The van der Waals surface area contributed by atoms with E-state index in [-0.39, 0.29) is 10.9 Å². The number of aromatic nitrogens is 4. The first-order chi connectivity index (χ1) is 17.7. The highest BCUT2D eigenvalue weighted by Crippen LogP contribution is 2.28. The van der Waals surface area contributed by atoms with Crippen LogP contribution in [0, 0.1) is 0 Å². The number of primary sulfonamides is 1. The number of ether oxygens (including phenoxy) is 1. The number of sulfonamides is 1. The van der Waals surface area contributed by atoms with Crippen LogP contribution in [0.3, 0.4) is 0 Å². The van der Waals surface area contributed by atoms with E-state index in [4.69, 9.17) is 9.88 Å². The Morgan fingerprint density at radius 1 is 1.11 bits per heavy atom. The van der Waals surface area contributed by atoms with Crippen LogP contribution in [0.15, 0.2) is 53.0 Å². The fourth-order valence-corrected chi connectivity index (χ4v) is 5.59. The van der Waals surface area contributed by atoms with Gasteiger partial charge in [-0.25, -0.2) is 23.2 Å². The van der Waals surface area contributed by atoms with Crippen molar-refractivity contribution in [1.29, 1.82) is 0 Å². The Kier molecular flexibility index (Phi) is 8.87. The lowest BCUT2D eigenvalue weighted by atomic mass is 9.98. The summed E-state index contributed by atoms with van der Waals surface area (Å²) in [6.45, 7) is 2.82. The molecule has 2 heterocycles. The quantitative estimate of drug-likeness (QED) is 0.216. The standard InChI is InChI=1S/C25H31N5O5S2/c1-2-3-4-5-6-22(31)24(32)18-9-7-17(8-10-18)14-30-15-19(28-29-30)16-35-20-11-12-21-23(13-20)36-25(27-21)37(26,33)34/h7-13,15,22,24,31-32H,2-6,14,16H2,1H3,(H2,26,33,34)/t22-,24+/m1/s1. The molecule has 37 heavy (non-hydrogen) atoms. The summed E-state index contributed by atoms with van der Waals surface area (Å²) in [6, 6.07) is 12.6. The molecule has 0 aliphatic rings. The van der Waals surface area contributed by atoms with Crippen molar-refractivity contribution in [3.05, 3.63) is 65.5 Å². The van der Waals surface area contributed by atoms with Crippen molar-refractivity contribution in [2.75, 3.05) is 0 Å². The number of rotatable bonds is 13. The van der Waals surface area contributed by atoms with E-state index >= 15 is 0 Å². The largest absolute Gasteiger partial charge is 0.487 e. The Balaban J connectivity index is 1.30. The molecule has 0 aliphatic carbocycles. The summed E-state index contributed by atoms with van der Waals surface area (Å²) in [6.07, 6.45) is 4.94. The van der Waals surface area contributed by atoms with Crippen molar-refractivity contribution < 1.29 is 23.4 Å². The third kappa shape index (κ3) is 7.33. The summed E-state index contributed by atoms with van der Waals surface area (Å²) in [5.41, 5.74) is 2.83. The normalized spacial score (nSPS) is 13.6. The van der Waals surface area contributed by atoms with Gasteiger partial charge in [-0.1, -0.05) is 62.1 Å². The van der Waals surface area contributed by atoms with E-state index < -0.39 is 22.2 Å². The highest BCUT2D eigenvalue weighted by Gasteiger charge is 2.18. The number of nitrogens with two attached hydrogens (primary N) is 1. The predicted molar refractivity (Wildman–Crippen MR) is 141 cm³/mol. The van der Waals surface area contributed by atoms with E-state index in [1.807, 2.05) is 24.3 Å². The van der Waals surface area contributed by atoms with Gasteiger partial charge in [0.25, 0.3) is 10.0 Å². The first-order valence-electron chi connectivity index (χ1n) is 12.1. The van der Waals surface area contributed by atoms with E-state index in [1.165, 1.54) is 0 Å². The SMILES string of the molecule is CCCCCC[C@@H](O)[C@@H](O)c1ccc(Cn2cc(COc3ccc4nc(S(N)(=O)=O)sc4c3)nn2)cc1. The monoisotopic (exact) mass is 545 g/mol. The molecule has 2 atom stereocenters. The van der Waals surface area contributed by atoms with Crippen molar-refractivity contribution in [3.63, 3.8) is 0 Å². The summed E-state index contributed by atoms with van der Waals surface area (Å²) in [5, 5.41) is 34.2. The van der Waals surface area contributed by atoms with Crippen LogP contribution in [-0.4, -0.2) is 44.7 Å². The fraction of sp³-hybridized carbons (Fsp3) is 0.400. The van der Waals surface area contributed by atoms with Crippen LogP contribution in [0.25, 0.3) is 10.2 Å². The minimum absolute atomic E-state index is 0.135. The smallest absolute Gasteiger partial charge is 0.265 e. The van der Waals surface area contributed by atoms with Gasteiger partial charge in [0.2, 0.25) is 4.34 Å². The molecule has 2 aromatic carbocycles. The van der Waals surface area contributed by atoms with Crippen molar-refractivity contribution in [1.82, 2.24) is 20.0 Å². The molecule has 0 aliphatic heterocycles. The van der Waals surface area contributed by atoms with Gasteiger partial charge in [0.1, 0.15) is 24.2 Å². The number of fused-ring (bicyclic) bond motifs is 1. The summed E-state index contributed by atoms with van der Waals surface area (Å²) in [7, 11) is -3.85. The van der Waals surface area contributed by atoms with Crippen LogP contribution in [-0.2, 0) is 23.2 Å². The molecule has 0 amide bonds. The maximum atomic E-state index is 11.5. The van der Waals surface area contributed by atoms with Crippen LogP contribution in [0.1, 0.15) is 62.0 Å². The van der Waals surface area contributed by atoms with E-state index in [0.29, 0.717) is 40.2 Å². The van der Waals surface area contributed by atoms with Crippen LogP contribution in [0.5, 0.6) is 5.75 Å². The molecule has 4 aromatic rings. The topological polar surface area (TPSA) is 153 Å². The Labute approximate surface area is 219 Å². The van der Waals surface area contributed by atoms with Crippen molar-refractivity contribution in [2.45, 2.75) is 68.7 Å². The number of unbranched alkanes of at least 4 members (excludes halogenated alkanes) is 3. The van der Waals surface area contributed by atoms with Gasteiger partial charge in [0.15, 0.2) is 0 Å². The van der Waals surface area contributed by atoms with Crippen LogP contribution in [0.2, 0.25) is 0 Å². The maximum absolute atomic E-state index is 11.5. The number of aliphatic hydroxyl groups is 2. The van der Waals surface area contributed by atoms with Crippen LogP contribution in [0.4, 0.5) is 0 Å². The van der Waals surface area contributed by atoms with Crippen LogP contribution >= 0.6 is 11.3 Å². The molecule has 0 spiro atoms. The Morgan fingerprint density at radius 2 is 1.89 bits per heavy atom. The third-order valence-electron chi connectivity index (χ3n) is 5.94. The summed E-state index contributed by atoms with van der Waals surface area (Å²) in [5.74, 6) is 0.549. The molecule has 4 rings (SSSR count). The zero-order valence-electron chi connectivity index (χ0n) is 20.5. The highest BCUT2D eigenvalue weighted by molar-refractivity contribution is 7.91. The Morgan fingerprint density at radius 3 is 2.62 bits per heavy atom. The number of benzene rings is 2. The van der Waals surface area contributed by atoms with Gasteiger partial charge in [-0.3, -0.25) is 0 Å². The predicted octanol–water partition coefficient (Wildman–Crippen LogP) is 3.53. The van der Waals surface area contributed by atoms with Crippen LogP contribution < -0.4 is 9.88 Å². The average Bonchev–Trinajstić information content (AvgIpc) is 3.52. The molecule has 198 valence electrons. The molecular weight excluding hydrogens is 514 g/mol. The zero-order valence-corrected chi connectivity index (χ0v) is 22.2. The van der Waals surface area contributed by atoms with E-state index in [9.17, 15) is 18.6 Å². The molecule has 0 saturated carbocycles. The number of aliphatic hydroxyl groups excluding tert-OH is 2. The Bertz CT molecular complexity index is 1420. The van der Waals surface area contributed by atoms with Gasteiger partial charge in [0, 0.05) is 0 Å². The van der Waals surface area contributed by atoms with Crippen molar-refractivity contribution in [3.8, 4) is 5.75 Å². The minimum atomic E-state index is -3.85. The number of hydrogen-bond acceptors (Lipinski definition) is 9. The van der Waals surface area contributed by atoms with E-state index in [2.05, 4.69) is 22.2 Å². The second-order valence-electron chi connectivity index (χ2n) is 8.95. The number of thiazole rings is 1. The molecule has 2 aromatic heterocycles. The third-order valence-corrected chi connectivity index (χ3v) is 8.28. The molecule has 4 N–H and O–H groups in total. The number of hydrogen-bond donors (Lipinski definition) is 3. The zero-order chi connectivity index (χ0) is 26.4. The lowest BCUT2D eigenvalue weighted by molar-refractivity contribution is 0.0120. The molecule has 12 heteroatoms.